The van der Waals surface area contributed by atoms with Crippen LogP contribution in [-0.2, 0) is 17.8 Å². The lowest BCUT2D eigenvalue weighted by Crippen LogP contribution is -2.57. The zero-order valence-electron chi connectivity index (χ0n) is 15.7. The first-order chi connectivity index (χ1) is 13.9. The summed E-state index contributed by atoms with van der Waals surface area (Å²) in [6, 6.07) is 5.49. The zero-order chi connectivity index (χ0) is 20.7. The van der Waals surface area contributed by atoms with Gasteiger partial charge in [-0.2, -0.15) is 0 Å². The maximum absolute atomic E-state index is 13.0. The van der Waals surface area contributed by atoms with Crippen molar-refractivity contribution < 1.29 is 23.8 Å². The van der Waals surface area contributed by atoms with Crippen LogP contribution in [0.2, 0.25) is 0 Å². The van der Waals surface area contributed by atoms with Crippen LogP contribution in [0.1, 0.15) is 39.8 Å². The van der Waals surface area contributed by atoms with Crippen LogP contribution in [-0.4, -0.2) is 45.3 Å². The normalized spacial score (nSPS) is 20.8. The number of aromatic hydroxyl groups is 1. The van der Waals surface area contributed by atoms with Crippen LogP contribution in [0.5, 0.6) is 5.75 Å². The monoisotopic (exact) mass is 401 g/mol. The molecule has 2 aliphatic rings. The summed E-state index contributed by atoms with van der Waals surface area (Å²) in [4.78, 5) is 39.4. The van der Waals surface area contributed by atoms with Crippen LogP contribution in [0, 0.1) is 5.82 Å². The van der Waals surface area contributed by atoms with E-state index in [-0.39, 0.29) is 30.4 Å². The van der Waals surface area contributed by atoms with Crippen LogP contribution in [0.15, 0.2) is 35.3 Å². The van der Waals surface area contributed by atoms with Gasteiger partial charge >= 0.3 is 0 Å². The average Bonchev–Trinajstić information content (AvgIpc) is 2.69. The minimum absolute atomic E-state index is 0.0804. The molecule has 2 atom stereocenters. The number of amides is 2. The van der Waals surface area contributed by atoms with Gasteiger partial charge in [-0.15, -0.1) is 0 Å². The molecular weight excluding hydrogens is 381 g/mol. The largest absolute Gasteiger partial charge is 0.503 e. The van der Waals surface area contributed by atoms with E-state index in [0.717, 1.165) is 0 Å². The molecule has 2 amide bonds. The van der Waals surface area contributed by atoms with Gasteiger partial charge in [0.25, 0.3) is 11.8 Å². The van der Waals surface area contributed by atoms with Crippen molar-refractivity contribution in [2.75, 3.05) is 6.61 Å². The Kier molecular flexibility index (Phi) is 4.83. The summed E-state index contributed by atoms with van der Waals surface area (Å²) in [6.07, 6.45) is 1.42. The van der Waals surface area contributed by atoms with Crippen molar-refractivity contribution in [3.8, 4) is 5.75 Å². The van der Waals surface area contributed by atoms with Gasteiger partial charge in [0, 0.05) is 18.8 Å². The quantitative estimate of drug-likeness (QED) is 0.805. The molecule has 0 spiro atoms. The number of hydrogen-bond donors (Lipinski definition) is 2. The number of fused-ring (bicyclic) bond motifs is 2. The van der Waals surface area contributed by atoms with Crippen molar-refractivity contribution >= 4 is 11.8 Å². The number of rotatable bonds is 3. The lowest BCUT2D eigenvalue weighted by atomic mass is 10.1. The number of ether oxygens (including phenoxy) is 1. The van der Waals surface area contributed by atoms with Crippen molar-refractivity contribution in [3.05, 3.63) is 63.3 Å². The van der Waals surface area contributed by atoms with Gasteiger partial charge in [0.05, 0.1) is 13.2 Å². The molecule has 1 saturated heterocycles. The summed E-state index contributed by atoms with van der Waals surface area (Å²) < 4.78 is 20.0. The lowest BCUT2D eigenvalue weighted by molar-refractivity contribution is -0.112. The third kappa shape index (κ3) is 3.38. The molecule has 152 valence electrons. The molecule has 1 aromatic heterocycles. The maximum Gasteiger partial charge on any atom is 0.276 e. The van der Waals surface area contributed by atoms with Gasteiger partial charge in [0.1, 0.15) is 11.4 Å². The molecule has 1 fully saturated rings. The van der Waals surface area contributed by atoms with E-state index in [4.69, 9.17) is 4.74 Å². The molecule has 2 N–H and O–H groups in total. The highest BCUT2D eigenvalue weighted by Crippen LogP contribution is 2.29. The number of nitrogens with zero attached hydrogens (tertiary/aromatic N) is 2. The first-order valence-electron chi connectivity index (χ1n) is 9.30. The third-order valence-electron chi connectivity index (χ3n) is 5.29. The van der Waals surface area contributed by atoms with E-state index in [1.165, 1.54) is 39.9 Å². The summed E-state index contributed by atoms with van der Waals surface area (Å²) >= 11 is 0. The van der Waals surface area contributed by atoms with Crippen molar-refractivity contribution in [1.29, 1.82) is 0 Å². The molecule has 4 rings (SSSR count). The third-order valence-corrected chi connectivity index (χ3v) is 5.29. The number of aromatic nitrogens is 1. The second-order valence-electron chi connectivity index (χ2n) is 7.21. The number of carbonyl (C=O) groups is 2. The van der Waals surface area contributed by atoms with E-state index in [1.807, 2.05) is 6.92 Å². The Morgan fingerprint density at radius 1 is 1.31 bits per heavy atom. The molecule has 0 bridgehead atoms. The van der Waals surface area contributed by atoms with Crippen molar-refractivity contribution in [2.45, 2.75) is 38.7 Å². The van der Waals surface area contributed by atoms with E-state index in [2.05, 4.69) is 5.32 Å². The Hall–Kier alpha value is -3.20. The molecule has 0 radical (unpaired) electrons. The highest BCUT2D eigenvalue weighted by atomic mass is 19.1. The number of halogens is 1. The number of benzene rings is 1. The fraction of sp³-hybridized carbons (Fsp3) is 0.350. The Balaban J connectivity index is 1.62. The Morgan fingerprint density at radius 2 is 2.03 bits per heavy atom. The molecule has 2 aromatic rings. The predicted molar refractivity (Wildman–Crippen MR) is 99.9 cm³/mol. The molecule has 1 aromatic carbocycles. The predicted octanol–water partition coefficient (Wildman–Crippen LogP) is 1.21. The van der Waals surface area contributed by atoms with E-state index in [1.54, 1.807) is 0 Å². The van der Waals surface area contributed by atoms with Crippen molar-refractivity contribution in [3.63, 3.8) is 0 Å². The molecule has 0 aliphatic carbocycles. The van der Waals surface area contributed by atoms with E-state index >= 15 is 0 Å². The van der Waals surface area contributed by atoms with Crippen LogP contribution >= 0.6 is 0 Å². The van der Waals surface area contributed by atoms with Gasteiger partial charge in [-0.1, -0.05) is 12.1 Å². The zero-order valence-corrected chi connectivity index (χ0v) is 15.7. The molecule has 9 heteroatoms. The molecular formula is C20H20FN3O5. The molecule has 0 saturated carbocycles. The van der Waals surface area contributed by atoms with Gasteiger partial charge in [0.15, 0.2) is 17.7 Å². The summed E-state index contributed by atoms with van der Waals surface area (Å²) in [5.74, 6) is -2.34. The smallest absolute Gasteiger partial charge is 0.276 e. The van der Waals surface area contributed by atoms with E-state index in [9.17, 15) is 23.9 Å². The molecule has 2 aliphatic heterocycles. The first kappa shape index (κ1) is 19.1. The Morgan fingerprint density at radius 3 is 2.76 bits per heavy atom. The van der Waals surface area contributed by atoms with Gasteiger partial charge in [-0.05, 0) is 31.0 Å². The fourth-order valence-corrected chi connectivity index (χ4v) is 3.70. The molecule has 8 nitrogen and oxygen atoms in total. The van der Waals surface area contributed by atoms with Crippen LogP contribution in [0.3, 0.4) is 0 Å². The minimum atomic E-state index is -0.912. The second-order valence-corrected chi connectivity index (χ2v) is 7.21. The number of carbonyl (C=O) groups excluding carboxylic acids is 2. The number of hydrogen-bond acceptors (Lipinski definition) is 5. The van der Waals surface area contributed by atoms with E-state index in [0.29, 0.717) is 18.6 Å². The molecule has 29 heavy (non-hydrogen) atoms. The number of pyridine rings is 1. The number of nitrogens with one attached hydrogen (secondary N) is 1. The Labute approximate surface area is 165 Å². The topological polar surface area (TPSA) is 101 Å². The first-order valence-corrected chi connectivity index (χ1v) is 9.30. The van der Waals surface area contributed by atoms with Gasteiger partial charge in [0.2, 0.25) is 5.43 Å². The van der Waals surface area contributed by atoms with Crippen molar-refractivity contribution in [1.82, 2.24) is 14.8 Å². The summed E-state index contributed by atoms with van der Waals surface area (Å²) in [5, 5.41) is 13.0. The lowest BCUT2D eigenvalue weighted by Gasteiger charge is -2.44. The molecule has 0 unspecified atom stereocenters. The highest BCUT2D eigenvalue weighted by Gasteiger charge is 2.40. The van der Waals surface area contributed by atoms with Crippen LogP contribution < -0.4 is 10.7 Å². The maximum atomic E-state index is 13.0. The van der Waals surface area contributed by atoms with Crippen molar-refractivity contribution in [2.24, 2.45) is 0 Å². The fourth-order valence-electron chi connectivity index (χ4n) is 3.70. The van der Waals surface area contributed by atoms with E-state index < -0.39 is 35.0 Å². The van der Waals surface area contributed by atoms with Gasteiger partial charge in [-0.25, -0.2) is 4.39 Å². The average molecular weight is 401 g/mol. The van der Waals surface area contributed by atoms with Crippen LogP contribution in [0.25, 0.3) is 0 Å². The standard InChI is InChI=1S/C20H20FN3O5/c1-11-6-7-29-15-10-23-9-14(17(25)18(26)16(23)20(28)24(11)15)19(27)22-8-12-2-4-13(21)5-3-12/h2-5,9,11,15,26H,6-8,10H2,1H3,(H,22,27)/t11-,15+/m1/s1. The highest BCUT2D eigenvalue weighted by molar-refractivity contribution is 5.99. The minimum Gasteiger partial charge on any atom is -0.503 e. The summed E-state index contributed by atoms with van der Waals surface area (Å²) in [6.45, 7) is 2.67. The summed E-state index contributed by atoms with van der Waals surface area (Å²) in [7, 11) is 0. The van der Waals surface area contributed by atoms with Gasteiger partial charge in [-0.3, -0.25) is 14.4 Å². The Bertz CT molecular complexity index is 1030. The second kappa shape index (κ2) is 7.32. The summed E-state index contributed by atoms with van der Waals surface area (Å²) in [5.41, 5.74) is -0.681. The van der Waals surface area contributed by atoms with Crippen LogP contribution in [0.4, 0.5) is 4.39 Å². The SMILES string of the molecule is C[C@@H]1CCO[C@H]2Cn3cc(C(=O)NCc4ccc(F)cc4)c(=O)c(O)c3C(=O)N12. The van der Waals surface area contributed by atoms with Gasteiger partial charge < -0.3 is 24.6 Å². The molecule has 3 heterocycles.